The number of nitrogens with zero attached hydrogens (tertiary/aromatic N) is 2. The lowest BCUT2D eigenvalue weighted by atomic mass is 10.3. The first-order chi connectivity index (χ1) is 9.40. The van der Waals surface area contributed by atoms with Crippen LogP contribution in [0, 0.1) is 11.3 Å². The molecule has 2 N–H and O–H groups in total. The van der Waals surface area contributed by atoms with Crippen molar-refractivity contribution in [1.82, 2.24) is 4.98 Å². The van der Waals surface area contributed by atoms with E-state index in [1.165, 1.54) is 36.5 Å². The molecule has 0 unspecified atom stereocenters. The summed E-state index contributed by atoms with van der Waals surface area (Å²) >= 11 is 0. The maximum Gasteiger partial charge on any atom is 0.242 e. The average Bonchev–Trinajstić information content (AvgIpc) is 2.40. The van der Waals surface area contributed by atoms with Gasteiger partial charge in [0.05, 0.1) is 16.1 Å². The van der Waals surface area contributed by atoms with Gasteiger partial charge in [0.25, 0.3) is 0 Å². The normalized spacial score (nSPS) is 10.8. The molecule has 1 heterocycles. The molecule has 2 rings (SSSR count). The monoisotopic (exact) mass is 289 g/mol. The molecule has 0 aliphatic rings. The Labute approximate surface area is 116 Å². The van der Waals surface area contributed by atoms with Crippen molar-refractivity contribution in [1.29, 1.82) is 5.26 Å². The molecule has 0 bridgehead atoms. The summed E-state index contributed by atoms with van der Waals surface area (Å²) in [6, 6.07) is 9.26. The maximum absolute atomic E-state index is 11.3. The van der Waals surface area contributed by atoms with Crippen molar-refractivity contribution in [3.8, 4) is 17.7 Å². The second-order valence-electron chi connectivity index (χ2n) is 4.08. The molecule has 0 saturated heterocycles. The molecule has 7 heteroatoms. The van der Waals surface area contributed by atoms with Gasteiger partial charge >= 0.3 is 0 Å². The van der Waals surface area contributed by atoms with Crippen molar-refractivity contribution >= 4 is 15.5 Å². The average molecular weight is 289 g/mol. The first-order valence-corrected chi connectivity index (χ1v) is 7.43. The number of nitrogens with two attached hydrogens (primary N) is 1. The molecule has 0 radical (unpaired) electrons. The summed E-state index contributed by atoms with van der Waals surface area (Å²) in [5.74, 6) is 0.567. The molecule has 0 fully saturated rings. The predicted octanol–water partition coefficient (Wildman–Crippen LogP) is 1.73. The number of hydrogen-bond donors (Lipinski definition) is 1. The van der Waals surface area contributed by atoms with E-state index in [1.54, 1.807) is 0 Å². The zero-order valence-electron chi connectivity index (χ0n) is 10.6. The molecule has 1 aromatic carbocycles. The van der Waals surface area contributed by atoms with Gasteiger partial charge in [0.2, 0.25) is 5.88 Å². The third-order valence-corrected chi connectivity index (χ3v) is 3.60. The van der Waals surface area contributed by atoms with Gasteiger partial charge in [-0.05, 0) is 30.3 Å². The molecule has 0 spiro atoms. The topological polar surface area (TPSA) is 106 Å². The second-order valence-corrected chi connectivity index (χ2v) is 6.09. The molecule has 102 valence electrons. The highest BCUT2D eigenvalue weighted by molar-refractivity contribution is 7.90. The van der Waals surface area contributed by atoms with Crippen LogP contribution in [0.1, 0.15) is 5.56 Å². The van der Waals surface area contributed by atoms with Crippen LogP contribution in [-0.2, 0) is 9.84 Å². The number of ether oxygens (including phenoxy) is 1. The van der Waals surface area contributed by atoms with Crippen LogP contribution in [0.3, 0.4) is 0 Å². The van der Waals surface area contributed by atoms with Crippen LogP contribution in [0.4, 0.5) is 5.69 Å². The van der Waals surface area contributed by atoms with E-state index in [0.717, 1.165) is 6.26 Å². The molecular formula is C13H11N3O3S. The zero-order chi connectivity index (χ0) is 14.8. The van der Waals surface area contributed by atoms with E-state index in [1.807, 2.05) is 6.07 Å². The number of rotatable bonds is 3. The molecule has 0 amide bonds. The molecule has 0 aliphatic heterocycles. The van der Waals surface area contributed by atoms with Crippen molar-refractivity contribution in [2.75, 3.05) is 12.0 Å². The summed E-state index contributed by atoms with van der Waals surface area (Å²) in [4.78, 5) is 4.13. The molecule has 20 heavy (non-hydrogen) atoms. The van der Waals surface area contributed by atoms with E-state index < -0.39 is 9.84 Å². The van der Waals surface area contributed by atoms with Gasteiger partial charge in [0, 0.05) is 12.5 Å². The number of aromatic nitrogens is 1. The van der Waals surface area contributed by atoms with E-state index in [9.17, 15) is 8.42 Å². The molecule has 6 nitrogen and oxygen atoms in total. The third kappa shape index (κ3) is 3.05. The van der Waals surface area contributed by atoms with Gasteiger partial charge in [-0.25, -0.2) is 13.4 Å². The van der Waals surface area contributed by atoms with Crippen LogP contribution >= 0.6 is 0 Å². The Balaban J connectivity index is 2.25. The summed E-state index contributed by atoms with van der Waals surface area (Å²) < 4.78 is 28.1. The van der Waals surface area contributed by atoms with E-state index in [0.29, 0.717) is 11.3 Å². The molecular weight excluding hydrogens is 278 g/mol. The summed E-state index contributed by atoms with van der Waals surface area (Å²) in [5.41, 5.74) is 6.28. The van der Waals surface area contributed by atoms with Crippen molar-refractivity contribution < 1.29 is 13.2 Å². The highest BCUT2D eigenvalue weighted by atomic mass is 32.2. The zero-order valence-corrected chi connectivity index (χ0v) is 11.4. The summed E-state index contributed by atoms with van der Waals surface area (Å²) in [7, 11) is -3.24. The minimum Gasteiger partial charge on any atom is -0.437 e. The van der Waals surface area contributed by atoms with Crippen molar-refractivity contribution in [3.05, 3.63) is 42.1 Å². The number of anilines is 1. The molecule has 0 aliphatic carbocycles. The fourth-order valence-corrected chi connectivity index (χ4v) is 2.11. The van der Waals surface area contributed by atoms with Crippen molar-refractivity contribution in [2.45, 2.75) is 4.90 Å². The molecule has 0 saturated carbocycles. The summed E-state index contributed by atoms with van der Waals surface area (Å²) in [5, 5.41) is 8.71. The minimum atomic E-state index is -3.24. The van der Waals surface area contributed by atoms with Crippen LogP contribution < -0.4 is 10.5 Å². The maximum atomic E-state index is 11.3. The first kappa shape index (κ1) is 13.8. The van der Waals surface area contributed by atoms with Crippen LogP contribution in [0.5, 0.6) is 11.6 Å². The lowest BCUT2D eigenvalue weighted by molar-refractivity contribution is 0.465. The quantitative estimate of drug-likeness (QED) is 0.922. The predicted molar refractivity (Wildman–Crippen MR) is 73.0 cm³/mol. The second kappa shape index (κ2) is 5.19. The smallest absolute Gasteiger partial charge is 0.242 e. The summed E-state index contributed by atoms with van der Waals surface area (Å²) in [6.45, 7) is 0. The molecule has 1 aromatic heterocycles. The third-order valence-electron chi connectivity index (χ3n) is 2.47. The number of nitriles is 1. The van der Waals surface area contributed by atoms with Gasteiger partial charge in [-0.3, -0.25) is 0 Å². The van der Waals surface area contributed by atoms with E-state index in [4.69, 9.17) is 15.7 Å². The van der Waals surface area contributed by atoms with Crippen LogP contribution in [-0.4, -0.2) is 19.7 Å². The number of hydrogen-bond acceptors (Lipinski definition) is 6. The highest BCUT2D eigenvalue weighted by Gasteiger charge is 2.08. The van der Waals surface area contributed by atoms with Gasteiger partial charge in [-0.1, -0.05) is 0 Å². The number of sulfone groups is 1. The van der Waals surface area contributed by atoms with Gasteiger partial charge in [0.1, 0.15) is 11.8 Å². The Morgan fingerprint density at radius 2 is 1.95 bits per heavy atom. The number of nitrogen functional groups attached to an aromatic ring is 1. The standard InChI is InChI=1S/C13H11N3O3S/c1-20(17,18)11-4-2-10(3-5-11)19-13-12(15)6-9(7-14)8-16-13/h2-6,8H,15H2,1H3. The van der Waals surface area contributed by atoms with Gasteiger partial charge in [-0.2, -0.15) is 5.26 Å². The lowest BCUT2D eigenvalue weighted by Crippen LogP contribution is -1.98. The Hall–Kier alpha value is -2.59. The first-order valence-electron chi connectivity index (χ1n) is 5.54. The van der Waals surface area contributed by atoms with Crippen molar-refractivity contribution in [2.24, 2.45) is 0 Å². The minimum absolute atomic E-state index is 0.163. The van der Waals surface area contributed by atoms with Crippen LogP contribution in [0.15, 0.2) is 41.4 Å². The molecule has 2 aromatic rings. The van der Waals surface area contributed by atoms with E-state index in [-0.39, 0.29) is 16.5 Å². The Bertz CT molecular complexity index is 777. The van der Waals surface area contributed by atoms with Crippen LogP contribution in [0.2, 0.25) is 0 Å². The Kier molecular flexibility index (Phi) is 3.59. The lowest BCUT2D eigenvalue weighted by Gasteiger charge is -2.07. The number of pyridine rings is 1. The highest BCUT2D eigenvalue weighted by Crippen LogP contribution is 2.26. The fourth-order valence-electron chi connectivity index (χ4n) is 1.48. The Morgan fingerprint density at radius 1 is 1.30 bits per heavy atom. The van der Waals surface area contributed by atoms with E-state index in [2.05, 4.69) is 4.98 Å². The summed E-state index contributed by atoms with van der Waals surface area (Å²) in [6.07, 6.45) is 2.47. The number of benzene rings is 1. The van der Waals surface area contributed by atoms with Gasteiger partial charge in [0.15, 0.2) is 9.84 Å². The van der Waals surface area contributed by atoms with Crippen LogP contribution in [0.25, 0.3) is 0 Å². The SMILES string of the molecule is CS(=O)(=O)c1ccc(Oc2ncc(C#N)cc2N)cc1. The van der Waals surface area contributed by atoms with E-state index >= 15 is 0 Å². The van der Waals surface area contributed by atoms with Gasteiger partial charge < -0.3 is 10.5 Å². The van der Waals surface area contributed by atoms with Crippen molar-refractivity contribution in [3.63, 3.8) is 0 Å². The molecule has 0 atom stereocenters. The Morgan fingerprint density at radius 3 is 2.45 bits per heavy atom. The van der Waals surface area contributed by atoms with Gasteiger partial charge in [-0.15, -0.1) is 0 Å². The largest absolute Gasteiger partial charge is 0.437 e. The fraction of sp³-hybridized carbons (Fsp3) is 0.0769.